The fourth-order valence-electron chi connectivity index (χ4n) is 1.13. The average Bonchev–Trinajstić information content (AvgIpc) is 2.24. The molecule has 15 heavy (non-hydrogen) atoms. The molecule has 0 saturated heterocycles. The summed E-state index contributed by atoms with van der Waals surface area (Å²) < 4.78 is 0. The quantitative estimate of drug-likeness (QED) is 0.566. The van der Waals surface area contributed by atoms with Crippen LogP contribution in [0.3, 0.4) is 0 Å². The third-order valence-corrected chi connectivity index (χ3v) is 2.61. The van der Waals surface area contributed by atoms with Crippen molar-refractivity contribution in [2.75, 3.05) is 13.2 Å². The predicted octanol–water partition coefficient (Wildman–Crippen LogP) is 1.64. The number of aliphatic hydroxyl groups is 1. The monoisotopic (exact) mass is 216 g/mol. The van der Waals surface area contributed by atoms with E-state index in [0.717, 1.165) is 19.3 Å². The van der Waals surface area contributed by atoms with E-state index < -0.39 is 5.54 Å². The highest BCUT2D eigenvalue weighted by Gasteiger charge is 2.22. The van der Waals surface area contributed by atoms with Crippen LogP contribution in [-0.4, -0.2) is 29.8 Å². The summed E-state index contributed by atoms with van der Waals surface area (Å²) in [5.41, 5.74) is -0.505. The van der Waals surface area contributed by atoms with Crippen molar-refractivity contribution in [2.24, 2.45) is 0 Å². The summed E-state index contributed by atoms with van der Waals surface area (Å²) >= 11 is 0. The summed E-state index contributed by atoms with van der Waals surface area (Å²) in [5, 5.41) is 14.7. The zero-order valence-corrected chi connectivity index (χ0v) is 10.1. The lowest BCUT2D eigenvalue weighted by atomic mass is 10.0. The Kier molecular flexibility index (Phi) is 7.13. The van der Waals surface area contributed by atoms with E-state index in [0.29, 0.717) is 13.0 Å². The third kappa shape index (κ3) is 6.33. The first-order valence-corrected chi connectivity index (χ1v) is 5.75. The van der Waals surface area contributed by atoms with Crippen molar-refractivity contribution in [1.29, 1.82) is 0 Å². The highest BCUT2D eigenvalue weighted by atomic mass is 16.3. The second-order valence-corrected chi connectivity index (χ2v) is 4.16. The molecule has 0 aliphatic rings. The van der Waals surface area contributed by atoms with Crippen molar-refractivity contribution in [3.05, 3.63) is 0 Å². The van der Waals surface area contributed by atoms with E-state index in [9.17, 15) is 4.79 Å². The molecule has 2 amide bonds. The maximum absolute atomic E-state index is 11.4. The summed E-state index contributed by atoms with van der Waals surface area (Å²) in [6.45, 7) is 6.56. The predicted molar refractivity (Wildman–Crippen MR) is 61.8 cm³/mol. The molecule has 0 spiro atoms. The van der Waals surface area contributed by atoms with Gasteiger partial charge < -0.3 is 15.7 Å². The number of aliphatic hydroxyl groups excluding tert-OH is 1. The van der Waals surface area contributed by atoms with Gasteiger partial charge in [-0.15, -0.1) is 0 Å². The van der Waals surface area contributed by atoms with Crippen LogP contribution >= 0.6 is 0 Å². The van der Waals surface area contributed by atoms with E-state index in [-0.39, 0.29) is 12.6 Å². The topological polar surface area (TPSA) is 61.4 Å². The molecular formula is C11H24N2O2. The molecule has 0 aromatic heterocycles. The third-order valence-electron chi connectivity index (χ3n) is 2.61. The second-order valence-electron chi connectivity index (χ2n) is 4.16. The van der Waals surface area contributed by atoms with Gasteiger partial charge in [0.25, 0.3) is 0 Å². The maximum Gasteiger partial charge on any atom is 0.315 e. The maximum atomic E-state index is 11.4. The fraction of sp³-hybridized carbons (Fsp3) is 0.909. The fourth-order valence-corrected chi connectivity index (χ4v) is 1.13. The Hall–Kier alpha value is -0.770. The largest absolute Gasteiger partial charge is 0.394 e. The van der Waals surface area contributed by atoms with Crippen LogP contribution in [0.25, 0.3) is 0 Å². The zero-order chi connectivity index (χ0) is 11.7. The van der Waals surface area contributed by atoms with Crippen LogP contribution in [-0.2, 0) is 0 Å². The summed E-state index contributed by atoms with van der Waals surface area (Å²) in [6.07, 6.45) is 4.00. The van der Waals surface area contributed by atoms with Crippen LogP contribution in [0, 0.1) is 0 Å². The van der Waals surface area contributed by atoms with E-state index in [4.69, 9.17) is 5.11 Å². The lowest BCUT2D eigenvalue weighted by Gasteiger charge is -2.27. The molecule has 90 valence electrons. The second kappa shape index (κ2) is 7.51. The first-order chi connectivity index (χ1) is 7.08. The van der Waals surface area contributed by atoms with E-state index >= 15 is 0 Å². The lowest BCUT2D eigenvalue weighted by Crippen LogP contribution is -2.52. The van der Waals surface area contributed by atoms with Crippen molar-refractivity contribution in [1.82, 2.24) is 10.6 Å². The molecule has 0 saturated carbocycles. The number of nitrogens with one attached hydrogen (secondary N) is 2. The number of carbonyl (C=O) groups is 1. The standard InChI is InChI=1S/C11H24N2O2/c1-4-6-7-8-12-10(15)13-11(3,5-2)9-14/h14H,4-9H2,1-3H3,(H2,12,13,15)/t11-/m1/s1. The smallest absolute Gasteiger partial charge is 0.315 e. The Morgan fingerprint density at radius 1 is 1.33 bits per heavy atom. The molecule has 4 nitrogen and oxygen atoms in total. The highest BCUT2D eigenvalue weighted by molar-refractivity contribution is 5.74. The van der Waals surface area contributed by atoms with Gasteiger partial charge in [0.05, 0.1) is 12.1 Å². The zero-order valence-electron chi connectivity index (χ0n) is 10.1. The van der Waals surface area contributed by atoms with Gasteiger partial charge in [0.1, 0.15) is 0 Å². The molecule has 3 N–H and O–H groups in total. The molecule has 0 aliphatic heterocycles. The van der Waals surface area contributed by atoms with Crippen LogP contribution in [0.15, 0.2) is 0 Å². The van der Waals surface area contributed by atoms with Gasteiger partial charge >= 0.3 is 6.03 Å². The SMILES string of the molecule is CCCCCNC(=O)N[C@](C)(CC)CO. The number of urea groups is 1. The minimum absolute atomic E-state index is 0.0358. The number of hydrogen-bond acceptors (Lipinski definition) is 2. The number of hydrogen-bond donors (Lipinski definition) is 3. The van der Waals surface area contributed by atoms with Crippen LogP contribution in [0.1, 0.15) is 46.5 Å². The van der Waals surface area contributed by atoms with Gasteiger partial charge in [-0.2, -0.15) is 0 Å². The van der Waals surface area contributed by atoms with Crippen molar-refractivity contribution in [3.63, 3.8) is 0 Å². The first-order valence-electron chi connectivity index (χ1n) is 5.75. The molecule has 4 heteroatoms. The average molecular weight is 216 g/mol. The van der Waals surface area contributed by atoms with Crippen LogP contribution < -0.4 is 10.6 Å². The van der Waals surface area contributed by atoms with Gasteiger partial charge in [0.2, 0.25) is 0 Å². The molecular weight excluding hydrogens is 192 g/mol. The Morgan fingerprint density at radius 3 is 2.47 bits per heavy atom. The van der Waals surface area contributed by atoms with Gasteiger partial charge in [0, 0.05) is 6.54 Å². The number of carbonyl (C=O) groups excluding carboxylic acids is 1. The minimum Gasteiger partial charge on any atom is -0.394 e. The molecule has 0 rings (SSSR count). The van der Waals surface area contributed by atoms with Gasteiger partial charge in [-0.25, -0.2) is 4.79 Å². The lowest BCUT2D eigenvalue weighted by molar-refractivity contribution is 0.167. The summed E-state index contributed by atoms with van der Waals surface area (Å²) in [6, 6.07) is -0.190. The Balaban J connectivity index is 3.72. The van der Waals surface area contributed by atoms with Crippen molar-refractivity contribution in [3.8, 4) is 0 Å². The van der Waals surface area contributed by atoms with Crippen molar-refractivity contribution >= 4 is 6.03 Å². The van der Waals surface area contributed by atoms with Crippen LogP contribution in [0.2, 0.25) is 0 Å². The van der Waals surface area contributed by atoms with Crippen molar-refractivity contribution < 1.29 is 9.90 Å². The molecule has 0 unspecified atom stereocenters. The molecule has 1 atom stereocenters. The van der Waals surface area contributed by atoms with E-state index in [1.165, 1.54) is 0 Å². The molecule has 0 aromatic rings. The van der Waals surface area contributed by atoms with Gasteiger partial charge in [0.15, 0.2) is 0 Å². The minimum atomic E-state index is -0.505. The summed E-state index contributed by atoms with van der Waals surface area (Å²) in [5.74, 6) is 0. The Bertz CT molecular complexity index is 179. The van der Waals surface area contributed by atoms with Crippen LogP contribution in [0.5, 0.6) is 0 Å². The summed E-state index contributed by atoms with van der Waals surface area (Å²) in [7, 11) is 0. The number of unbranched alkanes of at least 4 members (excludes halogenated alkanes) is 2. The Morgan fingerprint density at radius 2 is 2.00 bits per heavy atom. The Labute approximate surface area is 92.4 Å². The van der Waals surface area contributed by atoms with E-state index in [2.05, 4.69) is 17.6 Å². The molecule has 0 radical (unpaired) electrons. The molecule has 0 aromatic carbocycles. The van der Waals surface area contributed by atoms with E-state index in [1.54, 1.807) is 0 Å². The first kappa shape index (κ1) is 14.2. The molecule has 0 heterocycles. The molecule has 0 bridgehead atoms. The van der Waals surface area contributed by atoms with Crippen LogP contribution in [0.4, 0.5) is 4.79 Å². The number of rotatable bonds is 7. The van der Waals surface area contributed by atoms with Gasteiger partial charge in [-0.05, 0) is 19.8 Å². The molecule has 0 fully saturated rings. The van der Waals surface area contributed by atoms with Crippen molar-refractivity contribution in [2.45, 2.75) is 52.0 Å². The van der Waals surface area contributed by atoms with E-state index in [1.807, 2.05) is 13.8 Å². The molecule has 0 aliphatic carbocycles. The normalized spacial score (nSPS) is 14.4. The number of amides is 2. The summed E-state index contributed by atoms with van der Waals surface area (Å²) in [4.78, 5) is 11.4. The highest BCUT2D eigenvalue weighted by Crippen LogP contribution is 2.06. The van der Waals surface area contributed by atoms with Gasteiger partial charge in [-0.3, -0.25) is 0 Å². The van der Waals surface area contributed by atoms with Gasteiger partial charge in [-0.1, -0.05) is 26.7 Å².